The van der Waals surface area contributed by atoms with Crippen LogP contribution in [0.2, 0.25) is 0 Å². The van der Waals surface area contributed by atoms with Crippen LogP contribution in [0.1, 0.15) is 84.7 Å². The maximum Gasteiger partial charge on any atom is 2.00 e. The van der Waals surface area contributed by atoms with Gasteiger partial charge in [-0.3, -0.25) is 4.99 Å². The molecule has 0 fully saturated rings. The van der Waals surface area contributed by atoms with E-state index in [2.05, 4.69) is 93.8 Å². The van der Waals surface area contributed by atoms with Crippen molar-refractivity contribution in [3.63, 3.8) is 0 Å². The molecule has 50 heavy (non-hydrogen) atoms. The Hall–Kier alpha value is -4.21. The zero-order chi connectivity index (χ0) is 35.9. The number of hydrogen-bond acceptors (Lipinski definition) is 4. The third kappa shape index (κ3) is 4.69. The largest absolute Gasteiger partial charge is 2.00 e. The number of ether oxygens (including phenoxy) is 2. The van der Waals surface area contributed by atoms with Gasteiger partial charge < -0.3 is 14.0 Å². The molecule has 6 heteroatoms. The number of pyridine rings is 1. The van der Waals surface area contributed by atoms with Gasteiger partial charge in [0, 0.05) is 44.0 Å². The first-order chi connectivity index (χ1) is 24.1. The van der Waals surface area contributed by atoms with Gasteiger partial charge in [-0.05, 0) is 67.0 Å². The van der Waals surface area contributed by atoms with Gasteiger partial charge in [0.25, 0.3) is 0 Å². The van der Waals surface area contributed by atoms with Crippen molar-refractivity contribution in [1.29, 1.82) is 0 Å². The molecule has 0 bridgehead atoms. The SMILES string of the molecule is [2H]C1([2H])c2cc(C)cc(C)c2C[C@@H]2OC(c3[c-]c(Oc4[c-]c5c(cc4C)C(C)(C)c4cccc6c7cc(C)cnc7n-5c46)c(C)cc3C)=N[C@]21C.[Pt+2]. The van der Waals surface area contributed by atoms with Gasteiger partial charge in [-0.1, -0.05) is 93.4 Å². The van der Waals surface area contributed by atoms with Gasteiger partial charge in [0.15, 0.2) is 0 Å². The van der Waals surface area contributed by atoms with Gasteiger partial charge in [-0.25, -0.2) is 4.98 Å². The van der Waals surface area contributed by atoms with Gasteiger partial charge >= 0.3 is 21.1 Å². The summed E-state index contributed by atoms with van der Waals surface area (Å²) in [5.41, 5.74) is 12.6. The van der Waals surface area contributed by atoms with Crippen molar-refractivity contribution in [2.24, 2.45) is 4.99 Å². The Bertz CT molecular complexity index is 2570. The monoisotopic (exact) mass is 840 g/mol. The Morgan fingerprint density at radius 3 is 2.42 bits per heavy atom. The fourth-order valence-electron chi connectivity index (χ4n) is 8.36. The fraction of sp³-hybridized carbons (Fsp3) is 0.318. The minimum Gasteiger partial charge on any atom is -0.514 e. The van der Waals surface area contributed by atoms with E-state index in [-0.39, 0.29) is 26.5 Å². The van der Waals surface area contributed by atoms with E-state index in [1.54, 1.807) is 0 Å². The molecule has 1 aliphatic carbocycles. The fourth-order valence-corrected chi connectivity index (χ4v) is 8.36. The summed E-state index contributed by atoms with van der Waals surface area (Å²) in [4.78, 5) is 9.98. The molecule has 2 aliphatic heterocycles. The van der Waals surface area contributed by atoms with Crippen LogP contribution < -0.4 is 4.74 Å². The standard InChI is InChI=1S/C44H41N3O2.Pt/c1-23-13-25(3)31-19-39-44(9,21-29(31)14-23)46-42(49-39)32-18-37(27(5)16-26(32)4)48-38-20-36-35(17-28(38)6)43(7,8)34-12-10-11-30-33-15-24(2)22-45-41(33)47(36)40(30)34;/h10-17,22,39H,19,21H2,1-9H3;/q-2;+2/t39-,44-;/m0./s1/i21D2;. The van der Waals surface area contributed by atoms with Crippen LogP contribution in [-0.2, 0) is 44.0 Å². The summed E-state index contributed by atoms with van der Waals surface area (Å²) in [5, 5.41) is 2.31. The molecule has 4 heterocycles. The second kappa shape index (κ2) is 11.1. The second-order valence-corrected chi connectivity index (χ2v) is 15.1. The van der Waals surface area contributed by atoms with Crippen LogP contribution in [0.5, 0.6) is 11.5 Å². The second-order valence-electron chi connectivity index (χ2n) is 15.1. The van der Waals surface area contributed by atoms with Crippen LogP contribution in [0.15, 0.2) is 59.7 Å². The summed E-state index contributed by atoms with van der Waals surface area (Å²) in [6.45, 7) is 18.7. The number of hydrogen-bond donors (Lipinski definition) is 0. The van der Waals surface area contributed by atoms with Crippen molar-refractivity contribution in [2.75, 3.05) is 0 Å². The van der Waals surface area contributed by atoms with Gasteiger partial charge in [-0.2, -0.15) is 6.07 Å². The number of benzene rings is 4. The average molecular weight is 841 g/mol. The van der Waals surface area contributed by atoms with Crippen LogP contribution >= 0.6 is 0 Å². The smallest absolute Gasteiger partial charge is 0.514 e. The van der Waals surface area contributed by atoms with Crippen molar-refractivity contribution in [2.45, 2.75) is 92.2 Å². The first-order valence-corrected chi connectivity index (χ1v) is 17.2. The van der Waals surface area contributed by atoms with E-state index in [1.165, 1.54) is 16.5 Å². The van der Waals surface area contributed by atoms with E-state index in [1.807, 2.05) is 40.0 Å². The van der Waals surface area contributed by atoms with E-state index in [4.69, 9.17) is 19.5 Å². The normalized spacial score (nSPS) is 21.3. The van der Waals surface area contributed by atoms with Crippen molar-refractivity contribution in [1.82, 2.24) is 9.55 Å². The summed E-state index contributed by atoms with van der Waals surface area (Å²) in [6, 6.07) is 24.4. The molecule has 0 N–H and O–H groups in total. The van der Waals surface area contributed by atoms with Gasteiger partial charge in [0.2, 0.25) is 0 Å². The van der Waals surface area contributed by atoms with Crippen LogP contribution in [0.4, 0.5) is 0 Å². The predicted molar refractivity (Wildman–Crippen MR) is 197 cm³/mol. The first kappa shape index (κ1) is 30.6. The maximum atomic E-state index is 9.35. The number of aryl methyl sites for hydroxylation is 6. The number of aliphatic imine (C=N–C) groups is 1. The van der Waals surface area contributed by atoms with E-state index < -0.39 is 18.0 Å². The molecule has 0 saturated carbocycles. The third-order valence-corrected chi connectivity index (χ3v) is 11.0. The molecule has 2 atom stereocenters. The number of para-hydroxylation sites is 1. The number of rotatable bonds is 3. The number of aromatic nitrogens is 2. The molecule has 3 aliphatic rings. The molecule has 0 unspecified atom stereocenters. The Labute approximate surface area is 311 Å². The van der Waals surface area contributed by atoms with Crippen molar-refractivity contribution >= 4 is 27.8 Å². The Morgan fingerprint density at radius 2 is 1.62 bits per heavy atom. The molecule has 6 aromatic rings. The summed E-state index contributed by atoms with van der Waals surface area (Å²) >= 11 is 0. The molecule has 0 amide bonds. The van der Waals surface area contributed by atoms with E-state index >= 15 is 0 Å². The molecular formula is C44H41N3O2Pt. The van der Waals surface area contributed by atoms with Crippen LogP contribution in [0, 0.1) is 53.7 Å². The molecular weight excluding hydrogens is 798 g/mol. The minimum absolute atomic E-state index is 0. The molecule has 0 radical (unpaired) electrons. The first-order valence-electron chi connectivity index (χ1n) is 18.2. The summed E-state index contributed by atoms with van der Waals surface area (Å²) in [5.74, 6) is 1.58. The van der Waals surface area contributed by atoms with Crippen molar-refractivity contribution in [3.8, 4) is 17.2 Å². The quantitative estimate of drug-likeness (QED) is 0.167. The Morgan fingerprint density at radius 1 is 0.860 bits per heavy atom. The van der Waals surface area contributed by atoms with E-state index in [0.717, 1.165) is 61.2 Å². The van der Waals surface area contributed by atoms with Gasteiger partial charge in [0.1, 0.15) is 17.6 Å². The molecule has 5 nitrogen and oxygen atoms in total. The maximum absolute atomic E-state index is 9.35. The molecule has 254 valence electrons. The Kier molecular flexibility index (Phi) is 6.82. The molecule has 9 rings (SSSR count). The van der Waals surface area contributed by atoms with Crippen LogP contribution in [-0.4, -0.2) is 27.1 Å². The topological polar surface area (TPSA) is 48.6 Å². The van der Waals surface area contributed by atoms with E-state index in [0.29, 0.717) is 34.9 Å². The molecule has 2 aromatic heterocycles. The average Bonchev–Trinajstić information content (AvgIpc) is 3.58. The van der Waals surface area contributed by atoms with Gasteiger partial charge in [0.05, 0.1) is 11.1 Å². The summed E-state index contributed by atoms with van der Waals surface area (Å²) in [7, 11) is 0. The third-order valence-electron chi connectivity index (χ3n) is 11.0. The van der Waals surface area contributed by atoms with E-state index in [9.17, 15) is 2.74 Å². The predicted octanol–water partition coefficient (Wildman–Crippen LogP) is 9.76. The van der Waals surface area contributed by atoms with Crippen molar-refractivity contribution in [3.05, 3.63) is 128 Å². The molecule has 0 spiro atoms. The minimum atomic E-state index is -1.72. The zero-order valence-corrected chi connectivity index (χ0v) is 32.2. The summed E-state index contributed by atoms with van der Waals surface area (Å²) in [6.07, 6.45) is 0.364. The molecule has 0 saturated heterocycles. The molecule has 4 aromatic carbocycles. The Balaban J connectivity index is 0.00000387. The number of fused-ring (bicyclic) bond motifs is 7. The zero-order valence-electron chi connectivity index (χ0n) is 32.0. The summed E-state index contributed by atoms with van der Waals surface area (Å²) < 4.78 is 34.3. The van der Waals surface area contributed by atoms with Crippen LogP contribution in [0.25, 0.3) is 27.6 Å². The van der Waals surface area contributed by atoms with Crippen molar-refractivity contribution < 1.29 is 33.3 Å². The van der Waals surface area contributed by atoms with Crippen LogP contribution in [0.3, 0.4) is 0 Å². The van der Waals surface area contributed by atoms with Gasteiger partial charge in [-0.15, -0.1) is 28.8 Å². The number of nitrogens with zero attached hydrogens (tertiary/aromatic N) is 3.